The number of fused-ring (bicyclic) bond motifs is 1. The van der Waals surface area contributed by atoms with Crippen LogP contribution in [0.3, 0.4) is 0 Å². The molecule has 1 unspecified atom stereocenters. The first-order valence-electron chi connectivity index (χ1n) is 10.8. The molecular weight excluding hydrogens is 426 g/mol. The van der Waals surface area contributed by atoms with Crippen molar-refractivity contribution in [3.8, 4) is 5.75 Å². The number of piperidine rings is 1. The van der Waals surface area contributed by atoms with Gasteiger partial charge in [0.2, 0.25) is 11.8 Å². The van der Waals surface area contributed by atoms with Gasteiger partial charge < -0.3 is 20.7 Å². The molecule has 0 radical (unpaired) electrons. The quantitative estimate of drug-likeness (QED) is 0.577. The van der Waals surface area contributed by atoms with Gasteiger partial charge in [0.25, 0.3) is 11.8 Å². The number of nitrogens with zero attached hydrogens (tertiary/aromatic N) is 2. The molecule has 1 saturated carbocycles. The minimum Gasteiger partial charge on any atom is -0.488 e. The minimum atomic E-state index is -0.687. The van der Waals surface area contributed by atoms with E-state index >= 15 is 0 Å². The number of ether oxygens (including phenoxy) is 1. The molecule has 1 atom stereocenters. The van der Waals surface area contributed by atoms with E-state index in [0.717, 1.165) is 12.8 Å². The highest BCUT2D eigenvalue weighted by atomic mass is 16.5. The SMILES string of the molecule is N[C@H]1C[C@@H](Oc2cccnc2C(=O)Nc2ccc3c(c2)CN(C2CCC(=O)NC2=O)C3=O)C1. The molecule has 2 fully saturated rings. The molecule has 5 rings (SSSR count). The van der Waals surface area contributed by atoms with Gasteiger partial charge in [0.15, 0.2) is 11.4 Å². The zero-order valence-electron chi connectivity index (χ0n) is 17.7. The van der Waals surface area contributed by atoms with Crippen LogP contribution in [-0.4, -0.2) is 51.7 Å². The highest BCUT2D eigenvalue weighted by molar-refractivity contribution is 6.07. The summed E-state index contributed by atoms with van der Waals surface area (Å²) in [4.78, 5) is 55.0. The smallest absolute Gasteiger partial charge is 0.278 e. The number of benzene rings is 1. The number of carbonyl (C=O) groups excluding carboxylic acids is 4. The molecule has 4 N–H and O–H groups in total. The molecule has 3 heterocycles. The Morgan fingerprint density at radius 3 is 2.79 bits per heavy atom. The van der Waals surface area contributed by atoms with Crippen LogP contribution < -0.4 is 21.1 Å². The molecule has 1 aliphatic carbocycles. The van der Waals surface area contributed by atoms with E-state index in [0.29, 0.717) is 29.0 Å². The topological polar surface area (TPSA) is 144 Å². The number of hydrogen-bond acceptors (Lipinski definition) is 7. The number of rotatable bonds is 5. The second-order valence-electron chi connectivity index (χ2n) is 8.55. The van der Waals surface area contributed by atoms with Gasteiger partial charge in [0.05, 0.1) is 0 Å². The monoisotopic (exact) mass is 449 g/mol. The van der Waals surface area contributed by atoms with Crippen LogP contribution in [-0.2, 0) is 16.1 Å². The summed E-state index contributed by atoms with van der Waals surface area (Å²) in [5, 5.41) is 5.09. The van der Waals surface area contributed by atoms with Crippen molar-refractivity contribution in [1.29, 1.82) is 0 Å². The molecule has 1 saturated heterocycles. The van der Waals surface area contributed by atoms with E-state index in [1.807, 2.05) is 0 Å². The molecule has 10 heteroatoms. The van der Waals surface area contributed by atoms with Gasteiger partial charge >= 0.3 is 0 Å². The number of carbonyl (C=O) groups is 4. The highest BCUT2D eigenvalue weighted by Crippen LogP contribution is 2.30. The normalized spacial score (nSPS) is 24.1. The average Bonchev–Trinajstić information content (AvgIpc) is 3.08. The first-order valence-corrected chi connectivity index (χ1v) is 10.8. The lowest BCUT2D eigenvalue weighted by molar-refractivity contribution is -0.136. The van der Waals surface area contributed by atoms with Gasteiger partial charge in [-0.05, 0) is 55.2 Å². The number of nitrogens with one attached hydrogen (secondary N) is 2. The third-order valence-corrected chi connectivity index (χ3v) is 6.19. The van der Waals surface area contributed by atoms with Crippen LogP contribution >= 0.6 is 0 Å². The molecule has 10 nitrogen and oxygen atoms in total. The predicted molar refractivity (Wildman–Crippen MR) is 116 cm³/mol. The predicted octanol–water partition coefficient (Wildman–Crippen LogP) is 0.963. The lowest BCUT2D eigenvalue weighted by Crippen LogP contribution is -2.52. The van der Waals surface area contributed by atoms with Gasteiger partial charge in [-0.25, -0.2) is 4.98 Å². The molecule has 1 aromatic heterocycles. The molecule has 0 spiro atoms. The summed E-state index contributed by atoms with van der Waals surface area (Å²) < 4.78 is 5.88. The Morgan fingerprint density at radius 2 is 2.03 bits per heavy atom. The van der Waals surface area contributed by atoms with Crippen molar-refractivity contribution >= 4 is 29.3 Å². The van der Waals surface area contributed by atoms with Crippen LogP contribution in [0, 0.1) is 0 Å². The maximum absolute atomic E-state index is 12.9. The summed E-state index contributed by atoms with van der Waals surface area (Å²) in [7, 11) is 0. The van der Waals surface area contributed by atoms with E-state index in [4.69, 9.17) is 10.5 Å². The molecule has 33 heavy (non-hydrogen) atoms. The summed E-state index contributed by atoms with van der Waals surface area (Å²) in [6.45, 7) is 0.226. The maximum Gasteiger partial charge on any atom is 0.278 e. The van der Waals surface area contributed by atoms with Crippen molar-refractivity contribution in [3.63, 3.8) is 0 Å². The molecule has 4 amide bonds. The highest BCUT2D eigenvalue weighted by Gasteiger charge is 2.39. The Hall–Kier alpha value is -3.79. The van der Waals surface area contributed by atoms with Gasteiger partial charge in [-0.3, -0.25) is 24.5 Å². The van der Waals surface area contributed by atoms with Gasteiger partial charge in [-0.2, -0.15) is 0 Å². The molecule has 0 bridgehead atoms. The van der Waals surface area contributed by atoms with Crippen molar-refractivity contribution in [1.82, 2.24) is 15.2 Å². The first-order chi connectivity index (χ1) is 15.9. The van der Waals surface area contributed by atoms with Gasteiger partial charge in [0.1, 0.15) is 12.1 Å². The largest absolute Gasteiger partial charge is 0.488 e. The van der Waals surface area contributed by atoms with E-state index in [1.54, 1.807) is 30.3 Å². The first kappa shape index (κ1) is 21.1. The molecule has 2 aromatic rings. The number of aromatic nitrogens is 1. The number of imide groups is 1. The fourth-order valence-electron chi connectivity index (χ4n) is 4.38. The number of pyridine rings is 1. The Bertz CT molecular complexity index is 1160. The minimum absolute atomic E-state index is 0.0278. The molecule has 170 valence electrons. The lowest BCUT2D eigenvalue weighted by atomic mass is 9.90. The van der Waals surface area contributed by atoms with Crippen LogP contribution in [0.15, 0.2) is 36.5 Å². The van der Waals surface area contributed by atoms with Gasteiger partial charge in [0, 0.05) is 36.5 Å². The Morgan fingerprint density at radius 1 is 1.21 bits per heavy atom. The Kier molecular flexibility index (Phi) is 5.29. The van der Waals surface area contributed by atoms with E-state index in [9.17, 15) is 19.2 Å². The van der Waals surface area contributed by atoms with Crippen molar-refractivity contribution in [2.45, 2.75) is 50.4 Å². The number of anilines is 1. The van der Waals surface area contributed by atoms with Gasteiger partial charge in [-0.1, -0.05) is 0 Å². The summed E-state index contributed by atoms with van der Waals surface area (Å²) in [6, 6.07) is 7.82. The number of hydrogen-bond donors (Lipinski definition) is 3. The summed E-state index contributed by atoms with van der Waals surface area (Å²) in [5.41, 5.74) is 7.64. The van der Waals surface area contributed by atoms with Gasteiger partial charge in [-0.15, -0.1) is 0 Å². The third-order valence-electron chi connectivity index (χ3n) is 6.19. The van der Waals surface area contributed by atoms with E-state index in [2.05, 4.69) is 15.6 Å². The zero-order valence-corrected chi connectivity index (χ0v) is 17.7. The Labute approximate surface area is 189 Å². The number of amides is 4. The van der Waals surface area contributed by atoms with Crippen LogP contribution in [0.2, 0.25) is 0 Å². The van der Waals surface area contributed by atoms with E-state index < -0.39 is 17.9 Å². The van der Waals surface area contributed by atoms with E-state index in [1.165, 1.54) is 11.1 Å². The second-order valence-corrected chi connectivity index (χ2v) is 8.55. The lowest BCUT2D eigenvalue weighted by Gasteiger charge is -2.32. The number of nitrogens with two attached hydrogens (primary N) is 1. The third kappa shape index (κ3) is 4.05. The second kappa shape index (κ2) is 8.28. The standard InChI is InChI=1S/C23H23N5O5/c24-13-9-15(10-13)33-18-2-1-7-25-20(18)22(31)26-14-3-4-16-12(8-14)11-28(23(16)32)17-5-6-19(29)27-21(17)30/h1-4,7-8,13,15,17H,5-6,9-11,24H2,(H,26,31)(H,27,29,30)/t13-,15+,17?. The van der Waals surface area contributed by atoms with Crippen LogP contribution in [0.4, 0.5) is 5.69 Å². The van der Waals surface area contributed by atoms with Crippen LogP contribution in [0.25, 0.3) is 0 Å². The fourth-order valence-corrected chi connectivity index (χ4v) is 4.38. The molecule has 2 aliphatic heterocycles. The summed E-state index contributed by atoms with van der Waals surface area (Å²) >= 11 is 0. The zero-order chi connectivity index (χ0) is 23.1. The molecule has 1 aromatic carbocycles. The van der Waals surface area contributed by atoms with Crippen molar-refractivity contribution < 1.29 is 23.9 Å². The molecule has 3 aliphatic rings. The average molecular weight is 449 g/mol. The van der Waals surface area contributed by atoms with Crippen molar-refractivity contribution in [2.75, 3.05) is 5.32 Å². The summed E-state index contributed by atoms with van der Waals surface area (Å²) in [5.74, 6) is -1.09. The van der Waals surface area contributed by atoms with E-state index in [-0.39, 0.29) is 42.6 Å². The van der Waals surface area contributed by atoms with Crippen molar-refractivity contribution in [2.24, 2.45) is 5.73 Å². The fraction of sp³-hybridized carbons (Fsp3) is 0.348. The van der Waals surface area contributed by atoms with Crippen LogP contribution in [0.1, 0.15) is 52.1 Å². The van der Waals surface area contributed by atoms with Crippen molar-refractivity contribution in [3.05, 3.63) is 53.3 Å². The van der Waals surface area contributed by atoms with Crippen LogP contribution in [0.5, 0.6) is 5.75 Å². The maximum atomic E-state index is 12.9. The molecular formula is C23H23N5O5. The Balaban J connectivity index is 1.30. The summed E-state index contributed by atoms with van der Waals surface area (Å²) in [6.07, 6.45) is 3.45.